The zero-order valence-electron chi connectivity index (χ0n) is 13.7. The van der Waals surface area contributed by atoms with E-state index in [1.807, 2.05) is 30.2 Å². The third-order valence-corrected chi connectivity index (χ3v) is 4.31. The van der Waals surface area contributed by atoms with Gasteiger partial charge in [-0.2, -0.15) is 10.4 Å². The monoisotopic (exact) mass is 324 g/mol. The van der Waals surface area contributed by atoms with Crippen LogP contribution < -0.4 is 4.90 Å². The molecule has 3 heterocycles. The number of carbonyl (C=O) groups excluding carboxylic acids is 1. The fourth-order valence-electron chi connectivity index (χ4n) is 2.95. The van der Waals surface area contributed by atoms with Crippen LogP contribution in [0.25, 0.3) is 0 Å². The maximum atomic E-state index is 12.7. The number of nitrogens with zero attached hydrogens (tertiary/aromatic N) is 6. The highest BCUT2D eigenvalue weighted by molar-refractivity contribution is 5.80. The minimum Gasteiger partial charge on any atom is -0.353 e. The molecule has 0 N–H and O–H groups in total. The van der Waals surface area contributed by atoms with Crippen molar-refractivity contribution in [3.05, 3.63) is 42.4 Å². The first-order valence-corrected chi connectivity index (χ1v) is 8.12. The Bertz CT molecular complexity index is 711. The summed E-state index contributed by atoms with van der Waals surface area (Å²) < 4.78 is 1.73. The molecule has 0 unspecified atom stereocenters. The maximum Gasteiger partial charge on any atom is 0.247 e. The predicted molar refractivity (Wildman–Crippen MR) is 89.3 cm³/mol. The molecular formula is C17H20N6O. The number of hydrogen-bond acceptors (Lipinski definition) is 5. The van der Waals surface area contributed by atoms with Gasteiger partial charge in [-0.25, -0.2) is 4.98 Å². The van der Waals surface area contributed by atoms with E-state index in [4.69, 9.17) is 5.26 Å². The SMILES string of the molecule is CC[C@@H](C(=O)N1CCN(c2ccc(C#N)cn2)CC1)n1cccn1. The molecule has 7 nitrogen and oxygen atoms in total. The van der Waals surface area contributed by atoms with E-state index in [0.717, 1.165) is 25.3 Å². The lowest BCUT2D eigenvalue weighted by Crippen LogP contribution is -2.50. The molecule has 24 heavy (non-hydrogen) atoms. The normalized spacial score (nSPS) is 15.8. The van der Waals surface area contributed by atoms with E-state index in [0.29, 0.717) is 18.7 Å². The molecule has 0 spiro atoms. The molecule has 1 aliphatic heterocycles. The number of aromatic nitrogens is 3. The van der Waals surface area contributed by atoms with Gasteiger partial charge >= 0.3 is 0 Å². The molecule has 1 atom stereocenters. The summed E-state index contributed by atoms with van der Waals surface area (Å²) in [6.45, 7) is 4.80. The van der Waals surface area contributed by atoms with Crippen molar-refractivity contribution in [2.75, 3.05) is 31.1 Å². The summed E-state index contributed by atoms with van der Waals surface area (Å²) in [6, 6.07) is 7.29. The first kappa shape index (κ1) is 16.0. The number of carbonyl (C=O) groups is 1. The number of nitriles is 1. The number of piperazine rings is 1. The van der Waals surface area contributed by atoms with Gasteiger partial charge in [0.05, 0.1) is 5.56 Å². The molecule has 0 saturated carbocycles. The minimum absolute atomic E-state index is 0.119. The molecule has 3 rings (SSSR count). The van der Waals surface area contributed by atoms with E-state index in [1.165, 1.54) is 0 Å². The van der Waals surface area contributed by atoms with Crippen molar-refractivity contribution in [3.63, 3.8) is 0 Å². The predicted octanol–water partition coefficient (Wildman–Crippen LogP) is 1.45. The van der Waals surface area contributed by atoms with Crippen LogP contribution in [0, 0.1) is 11.3 Å². The molecule has 0 aliphatic carbocycles. The molecule has 1 aliphatic rings. The Morgan fingerprint density at radius 3 is 2.67 bits per heavy atom. The van der Waals surface area contributed by atoms with Gasteiger partial charge in [0.15, 0.2) is 0 Å². The molecule has 0 radical (unpaired) electrons. The summed E-state index contributed by atoms with van der Waals surface area (Å²) >= 11 is 0. The molecule has 1 amide bonds. The Hall–Kier alpha value is -2.88. The van der Waals surface area contributed by atoms with Gasteiger partial charge in [-0.3, -0.25) is 9.48 Å². The van der Waals surface area contributed by atoms with Gasteiger partial charge in [0.2, 0.25) is 5.91 Å². The molecule has 0 bridgehead atoms. The number of hydrogen-bond donors (Lipinski definition) is 0. The van der Waals surface area contributed by atoms with E-state index >= 15 is 0 Å². The average Bonchev–Trinajstić information content (AvgIpc) is 3.17. The second-order valence-electron chi connectivity index (χ2n) is 5.74. The van der Waals surface area contributed by atoms with Crippen LogP contribution in [0.5, 0.6) is 0 Å². The lowest BCUT2D eigenvalue weighted by Gasteiger charge is -2.36. The van der Waals surface area contributed by atoms with Crippen molar-refractivity contribution in [1.29, 1.82) is 5.26 Å². The molecule has 2 aromatic heterocycles. The minimum atomic E-state index is -0.236. The zero-order chi connectivity index (χ0) is 16.9. The highest BCUT2D eigenvalue weighted by Crippen LogP contribution is 2.18. The molecule has 7 heteroatoms. The topological polar surface area (TPSA) is 78.0 Å². The van der Waals surface area contributed by atoms with Crippen LogP contribution in [0.1, 0.15) is 24.9 Å². The maximum absolute atomic E-state index is 12.7. The summed E-state index contributed by atoms with van der Waals surface area (Å²) in [5.74, 6) is 0.967. The molecule has 1 fully saturated rings. The summed E-state index contributed by atoms with van der Waals surface area (Å²) in [5, 5.41) is 13.0. The Kier molecular flexibility index (Phi) is 4.75. The Labute approximate surface area is 141 Å². The van der Waals surface area contributed by atoms with Gasteiger partial charge in [0.1, 0.15) is 17.9 Å². The van der Waals surface area contributed by atoms with Gasteiger partial charge < -0.3 is 9.80 Å². The van der Waals surface area contributed by atoms with E-state index in [2.05, 4.69) is 21.1 Å². The van der Waals surface area contributed by atoms with Crippen molar-refractivity contribution < 1.29 is 4.79 Å². The number of pyridine rings is 1. The first-order chi connectivity index (χ1) is 11.7. The van der Waals surface area contributed by atoms with Gasteiger partial charge in [-0.05, 0) is 24.6 Å². The van der Waals surface area contributed by atoms with Crippen molar-refractivity contribution in [2.24, 2.45) is 0 Å². The van der Waals surface area contributed by atoms with Crippen LogP contribution in [-0.4, -0.2) is 51.8 Å². The second kappa shape index (κ2) is 7.13. The summed E-state index contributed by atoms with van der Waals surface area (Å²) in [6.07, 6.45) is 5.84. The lowest BCUT2D eigenvalue weighted by molar-refractivity contribution is -0.135. The summed E-state index contributed by atoms with van der Waals surface area (Å²) in [4.78, 5) is 21.1. The highest BCUT2D eigenvalue weighted by Gasteiger charge is 2.28. The van der Waals surface area contributed by atoms with Crippen molar-refractivity contribution in [1.82, 2.24) is 19.7 Å². The molecule has 1 saturated heterocycles. The van der Waals surface area contributed by atoms with Gasteiger partial charge in [-0.15, -0.1) is 0 Å². The fourth-order valence-corrected chi connectivity index (χ4v) is 2.95. The molecule has 0 aromatic carbocycles. The van der Waals surface area contributed by atoms with Crippen molar-refractivity contribution >= 4 is 11.7 Å². The standard InChI is InChI=1S/C17H20N6O/c1-2-15(23-7-3-6-20-23)17(24)22-10-8-21(9-11-22)16-5-4-14(12-18)13-19-16/h3-7,13,15H,2,8-11H2,1H3/t15-/m0/s1. The largest absolute Gasteiger partial charge is 0.353 e. The van der Waals surface area contributed by atoms with Crippen LogP contribution in [0.2, 0.25) is 0 Å². The molecular weight excluding hydrogens is 304 g/mol. The van der Waals surface area contributed by atoms with Gasteiger partial charge in [-0.1, -0.05) is 6.92 Å². The van der Waals surface area contributed by atoms with Crippen molar-refractivity contribution in [2.45, 2.75) is 19.4 Å². The van der Waals surface area contributed by atoms with Gasteiger partial charge in [0, 0.05) is 44.8 Å². The Morgan fingerprint density at radius 2 is 2.12 bits per heavy atom. The van der Waals surface area contributed by atoms with E-state index < -0.39 is 0 Å². The van der Waals surface area contributed by atoms with E-state index in [-0.39, 0.29) is 11.9 Å². The zero-order valence-corrected chi connectivity index (χ0v) is 13.7. The van der Waals surface area contributed by atoms with Crippen LogP contribution in [0.3, 0.4) is 0 Å². The van der Waals surface area contributed by atoms with E-state index in [9.17, 15) is 4.79 Å². The van der Waals surface area contributed by atoms with Crippen LogP contribution in [-0.2, 0) is 4.79 Å². The van der Waals surface area contributed by atoms with Crippen LogP contribution >= 0.6 is 0 Å². The number of anilines is 1. The first-order valence-electron chi connectivity index (χ1n) is 8.12. The quantitative estimate of drug-likeness (QED) is 0.850. The highest BCUT2D eigenvalue weighted by atomic mass is 16.2. The summed E-state index contributed by atoms with van der Waals surface area (Å²) in [7, 11) is 0. The molecule has 2 aromatic rings. The second-order valence-corrected chi connectivity index (χ2v) is 5.74. The fraction of sp³-hybridized carbons (Fsp3) is 0.412. The van der Waals surface area contributed by atoms with E-state index in [1.54, 1.807) is 23.1 Å². The van der Waals surface area contributed by atoms with Crippen LogP contribution in [0.15, 0.2) is 36.8 Å². The molecule has 124 valence electrons. The third kappa shape index (κ3) is 3.23. The summed E-state index contributed by atoms with van der Waals surface area (Å²) in [5.41, 5.74) is 0.553. The average molecular weight is 324 g/mol. The Morgan fingerprint density at radius 1 is 1.33 bits per heavy atom. The van der Waals surface area contributed by atoms with Crippen molar-refractivity contribution in [3.8, 4) is 6.07 Å². The lowest BCUT2D eigenvalue weighted by atomic mass is 10.1. The smallest absolute Gasteiger partial charge is 0.247 e. The van der Waals surface area contributed by atoms with Gasteiger partial charge in [0.25, 0.3) is 0 Å². The Balaban J connectivity index is 1.61. The number of rotatable bonds is 4. The third-order valence-electron chi connectivity index (χ3n) is 4.31. The van der Waals surface area contributed by atoms with Crippen LogP contribution in [0.4, 0.5) is 5.82 Å². The number of amides is 1.